The molecule has 2 aromatic rings. The number of hydrogen-bond donors (Lipinski definition) is 1. The number of phenols is 1. The lowest BCUT2D eigenvalue weighted by molar-refractivity contribution is 0.470. The molecule has 4 heteroatoms. The summed E-state index contributed by atoms with van der Waals surface area (Å²) in [5.74, 6) is 0.650. The highest BCUT2D eigenvalue weighted by atomic mass is 79.9. The summed E-state index contributed by atoms with van der Waals surface area (Å²) in [6.45, 7) is 0. The Bertz CT molecular complexity index is 462. The lowest BCUT2D eigenvalue weighted by atomic mass is 10.1. The van der Waals surface area contributed by atoms with Crippen LogP contribution in [0.5, 0.6) is 11.5 Å². The van der Waals surface area contributed by atoms with Crippen LogP contribution in [0.4, 0.5) is 0 Å². The van der Waals surface area contributed by atoms with Gasteiger partial charge in [0, 0.05) is 16.8 Å². The summed E-state index contributed by atoms with van der Waals surface area (Å²) in [5.41, 5.74) is 0. The molecule has 0 aromatic heterocycles. The van der Waals surface area contributed by atoms with E-state index < -0.39 is 0 Å². The number of rotatable bonds is 0. The molecule has 0 aliphatic heterocycles. The van der Waals surface area contributed by atoms with Crippen LogP contribution >= 0.6 is 31.9 Å². The largest absolute Gasteiger partial charge is 0.593 e. The van der Waals surface area contributed by atoms with Crippen LogP contribution in [0.2, 0.25) is 0 Å². The minimum absolute atomic E-state index is 0.210. The lowest BCUT2D eigenvalue weighted by Crippen LogP contribution is -1.78. The Kier molecular flexibility index (Phi) is 2.41. The molecule has 0 amide bonds. The molecule has 0 aliphatic rings. The molecule has 14 heavy (non-hydrogen) atoms. The summed E-state index contributed by atoms with van der Waals surface area (Å²) in [6.07, 6.45) is 0. The molecule has 0 radical (unpaired) electrons. The normalized spacial score (nSPS) is 10.7. The highest BCUT2D eigenvalue weighted by Gasteiger charge is 2.11. The van der Waals surface area contributed by atoms with E-state index in [9.17, 15) is 5.11 Å². The van der Waals surface area contributed by atoms with Crippen molar-refractivity contribution in [2.24, 2.45) is 0 Å². The summed E-state index contributed by atoms with van der Waals surface area (Å²) in [4.78, 5) is 0. The van der Waals surface area contributed by atoms with Gasteiger partial charge in [0.15, 0.2) is 0 Å². The summed E-state index contributed by atoms with van der Waals surface area (Å²) in [7, 11) is 0. The molecule has 0 heterocycles. The highest BCUT2D eigenvalue weighted by Crippen LogP contribution is 2.38. The Morgan fingerprint density at radius 2 is 1.50 bits per heavy atom. The number of benzene rings is 2. The van der Waals surface area contributed by atoms with Crippen LogP contribution in [-0.4, -0.2) is 10.2 Å². The van der Waals surface area contributed by atoms with Gasteiger partial charge >= 0.3 is 0 Å². The fourth-order valence-corrected chi connectivity index (χ4v) is 2.28. The molecule has 72 valence electrons. The molecule has 2 aromatic carbocycles. The molecule has 0 fully saturated rings. The van der Waals surface area contributed by atoms with Crippen LogP contribution in [0.15, 0.2) is 33.2 Å². The predicted molar refractivity (Wildman–Crippen MR) is 64.1 cm³/mol. The molecule has 2 nitrogen and oxygen atoms in total. The number of aromatic hydroxyl groups is 1. The molecule has 0 bridgehead atoms. The molecular formula is C10H7Br2O2+. The smallest absolute Gasteiger partial charge is 0.268 e. The van der Waals surface area contributed by atoms with E-state index in [4.69, 9.17) is 5.11 Å². The maximum Gasteiger partial charge on any atom is 0.268 e. The fraction of sp³-hybridized carbons (Fsp3) is 0. The second-order valence-electron chi connectivity index (χ2n) is 2.92. The van der Waals surface area contributed by atoms with Crippen molar-refractivity contribution in [1.82, 2.24) is 0 Å². The predicted octanol–water partition coefficient (Wildman–Crippen LogP) is 3.51. The maximum atomic E-state index is 9.47. The van der Waals surface area contributed by atoms with Crippen molar-refractivity contribution >= 4 is 42.6 Å². The second kappa shape index (κ2) is 3.44. The standard InChI is InChI=1S/C10H6Br2O2/c11-9-5-1-3-7(13)10(12)6(5)2-4-8(9)14/h1-4,13-14H/p+1. The van der Waals surface area contributed by atoms with Crippen molar-refractivity contribution in [2.75, 3.05) is 0 Å². The molecule has 0 spiro atoms. The van der Waals surface area contributed by atoms with Gasteiger partial charge in [-0.1, -0.05) is 0 Å². The van der Waals surface area contributed by atoms with Gasteiger partial charge in [-0.25, -0.2) is 0 Å². The Labute approximate surface area is 97.4 Å². The van der Waals surface area contributed by atoms with Crippen LogP contribution in [-0.2, 0) is 0 Å². The first kappa shape index (κ1) is 9.80. The summed E-state index contributed by atoms with van der Waals surface area (Å²) in [5, 5.41) is 18.9. The third-order valence-electron chi connectivity index (χ3n) is 2.05. The van der Waals surface area contributed by atoms with Crippen LogP contribution in [0.3, 0.4) is 0 Å². The second-order valence-corrected chi connectivity index (χ2v) is 4.51. The molecule has 0 saturated heterocycles. The third-order valence-corrected chi connectivity index (χ3v) is 3.74. The monoisotopic (exact) mass is 317 g/mol. The van der Waals surface area contributed by atoms with Crippen molar-refractivity contribution in [3.8, 4) is 11.5 Å². The number of hydrogen-bond acceptors (Lipinski definition) is 1. The molecule has 0 atom stereocenters. The minimum Gasteiger partial charge on any atom is -0.593 e. The van der Waals surface area contributed by atoms with Crippen molar-refractivity contribution in [2.45, 2.75) is 0 Å². The molecular weight excluding hydrogens is 312 g/mol. The number of phenolic OH excluding ortho intramolecular Hbond substituents is 1. The van der Waals surface area contributed by atoms with Gasteiger partial charge in [-0.3, -0.25) is 0 Å². The fourth-order valence-electron chi connectivity index (χ4n) is 1.32. The van der Waals surface area contributed by atoms with E-state index in [1.54, 1.807) is 18.2 Å². The van der Waals surface area contributed by atoms with Gasteiger partial charge in [-0.05, 0) is 50.1 Å². The van der Waals surface area contributed by atoms with Crippen molar-refractivity contribution in [3.63, 3.8) is 0 Å². The van der Waals surface area contributed by atoms with Crippen LogP contribution in [0, 0.1) is 0 Å². The first-order chi connectivity index (χ1) is 6.61. The van der Waals surface area contributed by atoms with Crippen LogP contribution in [0.25, 0.3) is 10.8 Å². The molecule has 2 rings (SSSR count). The quantitative estimate of drug-likeness (QED) is 0.742. The van der Waals surface area contributed by atoms with E-state index in [0.29, 0.717) is 10.2 Å². The Morgan fingerprint density at radius 1 is 0.929 bits per heavy atom. The van der Waals surface area contributed by atoms with Crippen molar-refractivity contribution < 1.29 is 10.2 Å². The van der Waals surface area contributed by atoms with Crippen LogP contribution in [0.1, 0.15) is 0 Å². The average molecular weight is 319 g/mol. The highest BCUT2D eigenvalue weighted by molar-refractivity contribution is 9.11. The molecule has 0 aliphatic carbocycles. The van der Waals surface area contributed by atoms with Gasteiger partial charge in [0.25, 0.3) is 5.75 Å². The number of halogens is 2. The Hall–Kier alpha value is -0.740. The Morgan fingerprint density at radius 3 is 2.21 bits per heavy atom. The van der Waals surface area contributed by atoms with E-state index in [2.05, 4.69) is 31.9 Å². The van der Waals surface area contributed by atoms with E-state index >= 15 is 0 Å². The minimum atomic E-state index is 0.210. The van der Waals surface area contributed by atoms with E-state index in [1.807, 2.05) is 6.07 Å². The SMILES string of the molecule is Oc1ccc2c(Br)c([OH2+])ccc2c1Br. The molecule has 0 unspecified atom stereocenters. The summed E-state index contributed by atoms with van der Waals surface area (Å²) < 4.78 is 1.41. The van der Waals surface area contributed by atoms with Gasteiger partial charge in [-0.15, -0.1) is 0 Å². The average Bonchev–Trinajstić information content (AvgIpc) is 2.17. The van der Waals surface area contributed by atoms with E-state index in [-0.39, 0.29) is 5.75 Å². The first-order valence-electron chi connectivity index (χ1n) is 3.92. The van der Waals surface area contributed by atoms with Gasteiger partial charge in [0.05, 0.1) is 4.47 Å². The van der Waals surface area contributed by atoms with Gasteiger partial charge < -0.3 is 10.2 Å². The first-order valence-corrected chi connectivity index (χ1v) is 5.51. The van der Waals surface area contributed by atoms with Gasteiger partial charge in [-0.2, -0.15) is 0 Å². The summed E-state index contributed by atoms with van der Waals surface area (Å²) >= 11 is 6.66. The third kappa shape index (κ3) is 1.38. The zero-order chi connectivity index (χ0) is 10.3. The molecule has 3 N–H and O–H groups in total. The lowest BCUT2D eigenvalue weighted by Gasteiger charge is -2.04. The maximum absolute atomic E-state index is 9.47. The number of fused-ring (bicyclic) bond motifs is 1. The topological polar surface area (TPSA) is 43.1 Å². The van der Waals surface area contributed by atoms with E-state index in [0.717, 1.165) is 15.2 Å². The Balaban J connectivity index is 2.94. The van der Waals surface area contributed by atoms with E-state index in [1.165, 1.54) is 0 Å². The molecule has 0 saturated carbocycles. The summed E-state index contributed by atoms with van der Waals surface area (Å²) in [6, 6.07) is 6.90. The van der Waals surface area contributed by atoms with Crippen molar-refractivity contribution in [1.29, 1.82) is 0 Å². The zero-order valence-electron chi connectivity index (χ0n) is 7.01. The van der Waals surface area contributed by atoms with Crippen LogP contribution < -0.4 is 0 Å². The zero-order valence-corrected chi connectivity index (χ0v) is 10.2. The van der Waals surface area contributed by atoms with Crippen molar-refractivity contribution in [3.05, 3.63) is 33.2 Å². The van der Waals surface area contributed by atoms with Gasteiger partial charge in [0.1, 0.15) is 10.2 Å². The van der Waals surface area contributed by atoms with Gasteiger partial charge in [0.2, 0.25) is 0 Å².